The Balaban J connectivity index is 2.04. The van der Waals surface area contributed by atoms with Gasteiger partial charge in [0.2, 0.25) is 0 Å². The molecule has 0 radical (unpaired) electrons. The Morgan fingerprint density at radius 3 is 2.00 bits per heavy atom. The number of aliphatic hydroxyl groups is 1. The van der Waals surface area contributed by atoms with E-state index in [1.807, 2.05) is 0 Å². The van der Waals surface area contributed by atoms with Crippen LogP contribution in [0.3, 0.4) is 0 Å². The van der Waals surface area contributed by atoms with Crippen molar-refractivity contribution < 1.29 is 5.11 Å². The molecular formula is C18H19NO. The van der Waals surface area contributed by atoms with Crippen LogP contribution < -0.4 is 0 Å². The summed E-state index contributed by atoms with van der Waals surface area (Å²) < 4.78 is 0. The van der Waals surface area contributed by atoms with E-state index < -0.39 is 0 Å². The minimum Gasteiger partial charge on any atom is -0.395 e. The zero-order valence-electron chi connectivity index (χ0n) is 11.7. The molecule has 0 spiro atoms. The number of hydrogen-bond acceptors (Lipinski definition) is 2. The van der Waals surface area contributed by atoms with Gasteiger partial charge in [-0.3, -0.25) is 4.90 Å². The van der Waals surface area contributed by atoms with Gasteiger partial charge in [0.25, 0.3) is 0 Å². The summed E-state index contributed by atoms with van der Waals surface area (Å²) in [7, 11) is 0. The highest BCUT2D eigenvalue weighted by atomic mass is 16.3. The molecule has 0 saturated carbocycles. The van der Waals surface area contributed by atoms with Gasteiger partial charge in [0.1, 0.15) is 0 Å². The maximum absolute atomic E-state index is 9.97. The molecule has 2 heteroatoms. The number of fused-ring (bicyclic) bond motifs is 6. The quantitative estimate of drug-likeness (QED) is 0.857. The molecule has 1 N–H and O–H groups in total. The minimum atomic E-state index is -0.113. The van der Waals surface area contributed by atoms with E-state index in [-0.39, 0.29) is 18.1 Å². The largest absolute Gasteiger partial charge is 0.395 e. The fraction of sp³-hybridized carbons (Fsp3) is 0.333. The summed E-state index contributed by atoms with van der Waals surface area (Å²) >= 11 is 0. The highest BCUT2D eigenvalue weighted by Crippen LogP contribution is 2.48. The van der Waals surface area contributed by atoms with E-state index >= 15 is 0 Å². The molecule has 0 fully saturated rings. The van der Waals surface area contributed by atoms with Crippen molar-refractivity contribution in [3.05, 3.63) is 70.8 Å². The molecule has 0 aromatic heterocycles. The first-order chi connectivity index (χ1) is 9.75. The van der Waals surface area contributed by atoms with Crippen LogP contribution in [0.15, 0.2) is 48.5 Å². The van der Waals surface area contributed by atoms with Crippen molar-refractivity contribution in [2.24, 2.45) is 0 Å². The van der Waals surface area contributed by atoms with Gasteiger partial charge in [0.05, 0.1) is 6.61 Å². The van der Waals surface area contributed by atoms with Gasteiger partial charge in [0, 0.05) is 24.5 Å². The van der Waals surface area contributed by atoms with Crippen molar-refractivity contribution in [3.63, 3.8) is 0 Å². The maximum Gasteiger partial charge on any atom is 0.0599 e. The second-order valence-corrected chi connectivity index (χ2v) is 6.12. The van der Waals surface area contributed by atoms with Gasteiger partial charge in [0.15, 0.2) is 0 Å². The average molecular weight is 265 g/mol. The van der Waals surface area contributed by atoms with Gasteiger partial charge in [-0.15, -0.1) is 0 Å². The highest BCUT2D eigenvalue weighted by Gasteiger charge is 2.48. The third kappa shape index (κ3) is 1.41. The summed E-state index contributed by atoms with van der Waals surface area (Å²) in [5.74, 6) is 0. The first kappa shape index (κ1) is 12.1. The molecule has 0 amide bonds. The van der Waals surface area contributed by atoms with Crippen LogP contribution in [0, 0.1) is 0 Å². The molecule has 20 heavy (non-hydrogen) atoms. The summed E-state index contributed by atoms with van der Waals surface area (Å²) in [5.41, 5.74) is 5.44. The number of benzene rings is 2. The molecule has 1 atom stereocenters. The first-order valence-electron chi connectivity index (χ1n) is 7.27. The fourth-order valence-electron chi connectivity index (χ4n) is 4.21. The Hall–Kier alpha value is -1.64. The fourth-order valence-corrected chi connectivity index (χ4v) is 4.21. The van der Waals surface area contributed by atoms with E-state index in [0.29, 0.717) is 0 Å². The number of hydrogen-bond donors (Lipinski definition) is 1. The Morgan fingerprint density at radius 2 is 1.50 bits per heavy atom. The van der Waals surface area contributed by atoms with Crippen LogP contribution in [-0.2, 0) is 18.5 Å². The average Bonchev–Trinajstić information content (AvgIpc) is 2.47. The molecule has 2 aromatic carbocycles. The molecule has 2 aliphatic rings. The summed E-state index contributed by atoms with van der Waals surface area (Å²) in [5, 5.41) is 9.97. The lowest BCUT2D eigenvalue weighted by atomic mass is 9.63. The SMILES string of the molecule is CC12c3ccccc3CN(Cc3ccccc31)[C@H]2CO. The molecule has 0 unspecified atom stereocenters. The second-order valence-electron chi connectivity index (χ2n) is 6.12. The van der Waals surface area contributed by atoms with E-state index in [1.165, 1.54) is 22.3 Å². The highest BCUT2D eigenvalue weighted by molar-refractivity contribution is 5.51. The van der Waals surface area contributed by atoms with E-state index in [2.05, 4.69) is 60.4 Å². The molecule has 2 bridgehead atoms. The Morgan fingerprint density at radius 1 is 1.00 bits per heavy atom. The molecule has 0 saturated heterocycles. The Kier molecular flexibility index (Phi) is 2.53. The van der Waals surface area contributed by atoms with E-state index in [9.17, 15) is 5.11 Å². The van der Waals surface area contributed by atoms with Crippen LogP contribution in [-0.4, -0.2) is 22.7 Å². The zero-order chi connectivity index (χ0) is 13.7. The maximum atomic E-state index is 9.97. The van der Waals surface area contributed by atoms with Crippen molar-refractivity contribution in [1.82, 2.24) is 4.90 Å². The van der Waals surface area contributed by atoms with Crippen molar-refractivity contribution in [3.8, 4) is 0 Å². The van der Waals surface area contributed by atoms with Crippen LogP contribution in [0.1, 0.15) is 29.2 Å². The molecule has 4 rings (SSSR count). The molecule has 2 aliphatic heterocycles. The van der Waals surface area contributed by atoms with E-state index in [0.717, 1.165) is 13.1 Å². The molecule has 102 valence electrons. The normalized spacial score (nSPS) is 30.5. The molecule has 2 nitrogen and oxygen atoms in total. The smallest absolute Gasteiger partial charge is 0.0599 e. The Labute approximate surface area is 119 Å². The summed E-state index contributed by atoms with van der Waals surface area (Å²) in [6, 6.07) is 17.6. The molecule has 0 aliphatic carbocycles. The predicted octanol–water partition coefficient (Wildman–Crippen LogP) is 2.68. The van der Waals surface area contributed by atoms with Crippen LogP contribution >= 0.6 is 0 Å². The minimum absolute atomic E-state index is 0.113. The van der Waals surface area contributed by atoms with Crippen LogP contribution in [0.5, 0.6) is 0 Å². The third-order valence-electron chi connectivity index (χ3n) is 5.18. The number of rotatable bonds is 1. The van der Waals surface area contributed by atoms with Crippen LogP contribution in [0.4, 0.5) is 0 Å². The van der Waals surface area contributed by atoms with Gasteiger partial charge in [-0.2, -0.15) is 0 Å². The number of nitrogens with zero attached hydrogens (tertiary/aromatic N) is 1. The zero-order valence-corrected chi connectivity index (χ0v) is 11.7. The van der Waals surface area contributed by atoms with Crippen molar-refractivity contribution in [1.29, 1.82) is 0 Å². The Bertz CT molecular complexity index is 614. The monoisotopic (exact) mass is 265 g/mol. The lowest BCUT2D eigenvalue weighted by Crippen LogP contribution is -2.58. The van der Waals surface area contributed by atoms with Gasteiger partial charge < -0.3 is 5.11 Å². The van der Waals surface area contributed by atoms with Gasteiger partial charge >= 0.3 is 0 Å². The van der Waals surface area contributed by atoms with E-state index in [4.69, 9.17) is 0 Å². The van der Waals surface area contributed by atoms with Gasteiger partial charge in [-0.25, -0.2) is 0 Å². The number of aliphatic hydroxyl groups excluding tert-OH is 1. The lowest BCUT2D eigenvalue weighted by Gasteiger charge is -2.53. The second kappa shape index (κ2) is 4.18. The summed E-state index contributed by atoms with van der Waals surface area (Å²) in [4.78, 5) is 2.42. The summed E-state index contributed by atoms with van der Waals surface area (Å²) in [6.45, 7) is 4.37. The van der Waals surface area contributed by atoms with Crippen LogP contribution in [0.25, 0.3) is 0 Å². The van der Waals surface area contributed by atoms with Crippen LogP contribution in [0.2, 0.25) is 0 Å². The first-order valence-corrected chi connectivity index (χ1v) is 7.27. The van der Waals surface area contributed by atoms with Crippen molar-refractivity contribution >= 4 is 0 Å². The van der Waals surface area contributed by atoms with Crippen molar-refractivity contribution in [2.75, 3.05) is 6.61 Å². The van der Waals surface area contributed by atoms with E-state index in [1.54, 1.807) is 0 Å². The lowest BCUT2D eigenvalue weighted by molar-refractivity contribution is 0.0432. The molecule has 2 heterocycles. The molecular weight excluding hydrogens is 246 g/mol. The predicted molar refractivity (Wildman–Crippen MR) is 79.5 cm³/mol. The summed E-state index contributed by atoms with van der Waals surface area (Å²) in [6.07, 6.45) is 0. The standard InChI is InChI=1S/C18H19NO/c1-18-15-8-4-2-6-13(15)10-19(17(18)12-20)11-14-7-3-5-9-16(14)18/h2-9,17,20H,10-12H2,1H3/t17-/m0/s1. The van der Waals surface area contributed by atoms with Gasteiger partial charge in [-0.1, -0.05) is 48.5 Å². The third-order valence-corrected chi connectivity index (χ3v) is 5.18. The molecule has 2 aromatic rings. The van der Waals surface area contributed by atoms with Gasteiger partial charge in [-0.05, 0) is 29.2 Å². The van der Waals surface area contributed by atoms with Crippen molar-refractivity contribution in [2.45, 2.75) is 31.5 Å². The topological polar surface area (TPSA) is 23.5 Å².